The molecule has 17 heavy (non-hydrogen) atoms. The summed E-state index contributed by atoms with van der Waals surface area (Å²) in [6, 6.07) is 0. The van der Waals surface area contributed by atoms with Gasteiger partial charge in [0.15, 0.2) is 0 Å². The monoisotopic (exact) mass is 281 g/mol. The van der Waals surface area contributed by atoms with E-state index in [9.17, 15) is 5.11 Å². The maximum Gasteiger partial charge on any atom is 0.0595 e. The molecule has 1 saturated heterocycles. The molecule has 5 unspecified atom stereocenters. The van der Waals surface area contributed by atoms with Gasteiger partial charge in [0, 0.05) is 19.7 Å². The molecule has 1 saturated carbocycles. The lowest BCUT2D eigenvalue weighted by Crippen LogP contribution is -2.42. The molecule has 2 N–H and O–H groups in total. The van der Waals surface area contributed by atoms with E-state index in [1.165, 1.54) is 0 Å². The molecule has 0 spiro atoms. The van der Waals surface area contributed by atoms with Crippen LogP contribution >= 0.6 is 23.2 Å². The number of nitrogens with zero attached hydrogens (tertiary/aromatic N) is 1. The van der Waals surface area contributed by atoms with Crippen LogP contribution in [0.2, 0.25) is 0 Å². The minimum Gasteiger partial charge on any atom is -0.396 e. The molecule has 0 bridgehead atoms. The predicted molar refractivity (Wildman–Crippen MR) is 69.6 cm³/mol. The topological polar surface area (TPSA) is 43.7 Å². The first-order valence-corrected chi connectivity index (χ1v) is 7.27. The molecule has 5 heteroatoms. The third-order valence-electron chi connectivity index (χ3n) is 4.05. The van der Waals surface area contributed by atoms with Gasteiger partial charge in [0.05, 0.1) is 16.9 Å². The smallest absolute Gasteiger partial charge is 0.0595 e. The Kier molecular flexibility index (Phi) is 4.96. The average Bonchev–Trinajstić information content (AvgIpc) is 2.73. The van der Waals surface area contributed by atoms with E-state index in [1.807, 2.05) is 0 Å². The van der Waals surface area contributed by atoms with Crippen LogP contribution in [-0.2, 0) is 0 Å². The van der Waals surface area contributed by atoms with Crippen molar-refractivity contribution >= 4 is 23.2 Å². The van der Waals surface area contributed by atoms with Crippen molar-refractivity contribution in [1.82, 2.24) is 4.90 Å². The normalized spacial score (nSPS) is 44.1. The summed E-state index contributed by atoms with van der Waals surface area (Å²) in [6.07, 6.45) is 2.11. The van der Waals surface area contributed by atoms with Crippen molar-refractivity contribution in [3.63, 3.8) is 0 Å². The number of aliphatic hydroxyl groups is 2. The summed E-state index contributed by atoms with van der Waals surface area (Å²) < 4.78 is 0. The maximum atomic E-state index is 10.0. The minimum absolute atomic E-state index is 0.0266. The van der Waals surface area contributed by atoms with Crippen molar-refractivity contribution in [3.8, 4) is 0 Å². The molecule has 5 atom stereocenters. The largest absolute Gasteiger partial charge is 0.396 e. The number of hydrogen-bond acceptors (Lipinski definition) is 3. The summed E-state index contributed by atoms with van der Waals surface area (Å²) in [5.41, 5.74) is 0. The van der Waals surface area contributed by atoms with Gasteiger partial charge in [-0.15, -0.1) is 23.2 Å². The summed E-state index contributed by atoms with van der Waals surface area (Å²) >= 11 is 12.2. The summed E-state index contributed by atoms with van der Waals surface area (Å²) in [4.78, 5) is 2.33. The lowest BCUT2D eigenvalue weighted by atomic mass is 9.85. The fourth-order valence-corrected chi connectivity index (χ4v) is 3.54. The highest BCUT2D eigenvalue weighted by atomic mass is 35.5. The summed E-state index contributed by atoms with van der Waals surface area (Å²) in [6.45, 7) is 3.11. The van der Waals surface area contributed by atoms with Gasteiger partial charge in [-0.3, -0.25) is 0 Å². The Hall–Kier alpha value is 0.460. The van der Waals surface area contributed by atoms with Gasteiger partial charge in [-0.2, -0.15) is 0 Å². The number of rotatable bonds is 3. The van der Waals surface area contributed by atoms with Crippen LogP contribution in [0.1, 0.15) is 19.3 Å². The van der Waals surface area contributed by atoms with E-state index in [0.29, 0.717) is 12.3 Å². The highest BCUT2D eigenvalue weighted by Crippen LogP contribution is 2.33. The van der Waals surface area contributed by atoms with E-state index < -0.39 is 0 Å². The number of alkyl halides is 2. The highest BCUT2D eigenvalue weighted by molar-refractivity contribution is 6.30. The summed E-state index contributed by atoms with van der Waals surface area (Å²) in [7, 11) is 0. The van der Waals surface area contributed by atoms with Crippen LogP contribution in [0.4, 0.5) is 0 Å². The van der Waals surface area contributed by atoms with Crippen LogP contribution in [0.5, 0.6) is 0 Å². The van der Waals surface area contributed by atoms with Crippen LogP contribution in [0.25, 0.3) is 0 Å². The van der Waals surface area contributed by atoms with Crippen LogP contribution in [-0.4, -0.2) is 58.2 Å². The van der Waals surface area contributed by atoms with Crippen molar-refractivity contribution in [1.29, 1.82) is 0 Å². The van der Waals surface area contributed by atoms with Gasteiger partial charge in [0.25, 0.3) is 0 Å². The molecule has 0 aromatic carbocycles. The lowest BCUT2D eigenvalue weighted by Gasteiger charge is -2.36. The third kappa shape index (κ3) is 3.48. The Morgan fingerprint density at radius 1 is 1.18 bits per heavy atom. The molecule has 2 rings (SSSR count). The second-order valence-corrected chi connectivity index (χ2v) is 6.55. The summed E-state index contributed by atoms with van der Waals surface area (Å²) in [5.74, 6) is 0.633. The van der Waals surface area contributed by atoms with E-state index in [-0.39, 0.29) is 29.4 Å². The van der Waals surface area contributed by atoms with E-state index >= 15 is 0 Å². The molecular weight excluding hydrogens is 261 g/mol. The first kappa shape index (κ1) is 13.9. The Morgan fingerprint density at radius 2 is 1.88 bits per heavy atom. The molecule has 3 nitrogen and oxygen atoms in total. The Balaban J connectivity index is 1.82. The minimum atomic E-state index is -0.333. The Labute approximate surface area is 113 Å². The molecule has 2 fully saturated rings. The molecule has 1 aliphatic heterocycles. The number of aliphatic hydroxyl groups excluding tert-OH is 2. The zero-order chi connectivity index (χ0) is 12.4. The van der Waals surface area contributed by atoms with Crippen LogP contribution in [0.3, 0.4) is 0 Å². The lowest BCUT2D eigenvalue weighted by molar-refractivity contribution is 0.0527. The molecule has 0 amide bonds. The van der Waals surface area contributed by atoms with Crippen molar-refractivity contribution in [2.45, 2.75) is 36.1 Å². The zero-order valence-electron chi connectivity index (χ0n) is 9.93. The van der Waals surface area contributed by atoms with E-state index in [4.69, 9.17) is 28.3 Å². The average molecular weight is 282 g/mol. The van der Waals surface area contributed by atoms with Gasteiger partial charge in [0.1, 0.15) is 0 Å². The van der Waals surface area contributed by atoms with Gasteiger partial charge in [0.2, 0.25) is 0 Å². The molecule has 100 valence electrons. The van der Waals surface area contributed by atoms with Crippen LogP contribution in [0, 0.1) is 11.8 Å². The van der Waals surface area contributed by atoms with E-state index in [0.717, 1.165) is 32.5 Å². The molecule has 1 heterocycles. The fourth-order valence-electron chi connectivity index (χ4n) is 2.92. The van der Waals surface area contributed by atoms with E-state index in [1.54, 1.807) is 0 Å². The molecule has 0 aromatic heterocycles. The van der Waals surface area contributed by atoms with Crippen LogP contribution < -0.4 is 0 Å². The Morgan fingerprint density at radius 3 is 2.53 bits per heavy atom. The third-order valence-corrected chi connectivity index (χ3v) is 5.15. The zero-order valence-corrected chi connectivity index (χ0v) is 11.4. The number of likely N-dealkylation sites (tertiary alicyclic amines) is 1. The van der Waals surface area contributed by atoms with Crippen molar-refractivity contribution < 1.29 is 10.2 Å². The Bertz CT molecular complexity index is 255. The van der Waals surface area contributed by atoms with Gasteiger partial charge in [-0.1, -0.05) is 0 Å². The highest BCUT2D eigenvalue weighted by Gasteiger charge is 2.36. The van der Waals surface area contributed by atoms with E-state index in [2.05, 4.69) is 4.90 Å². The van der Waals surface area contributed by atoms with Crippen molar-refractivity contribution in [2.24, 2.45) is 11.8 Å². The fraction of sp³-hybridized carbons (Fsp3) is 1.00. The molecule has 0 radical (unpaired) electrons. The first-order valence-electron chi connectivity index (χ1n) is 6.39. The summed E-state index contributed by atoms with van der Waals surface area (Å²) in [5, 5.41) is 19.0. The second kappa shape index (κ2) is 6.07. The molecule has 0 aromatic rings. The van der Waals surface area contributed by atoms with Gasteiger partial charge >= 0.3 is 0 Å². The molecule has 1 aliphatic carbocycles. The predicted octanol–water partition coefficient (Wildman–Crippen LogP) is 1.29. The molecular formula is C12H21Cl2NO2. The van der Waals surface area contributed by atoms with Gasteiger partial charge in [-0.25, -0.2) is 0 Å². The quantitative estimate of drug-likeness (QED) is 0.767. The van der Waals surface area contributed by atoms with Crippen molar-refractivity contribution in [3.05, 3.63) is 0 Å². The van der Waals surface area contributed by atoms with Gasteiger partial charge in [-0.05, 0) is 37.6 Å². The maximum absolute atomic E-state index is 10.0. The van der Waals surface area contributed by atoms with Gasteiger partial charge < -0.3 is 15.1 Å². The second-order valence-electron chi connectivity index (χ2n) is 5.43. The number of halogens is 2. The first-order chi connectivity index (χ1) is 8.10. The van der Waals surface area contributed by atoms with Crippen molar-refractivity contribution in [2.75, 3.05) is 26.2 Å². The number of hydrogen-bond donors (Lipinski definition) is 2. The standard InChI is InChI=1S/C12H21Cl2NO2/c13-10-3-9(12(17)4-11(10)14)6-15-2-1-8(5-15)7-16/h8-12,16-17H,1-7H2. The SMILES string of the molecule is OCC1CCN(CC2CC(Cl)C(Cl)CC2O)C1. The van der Waals surface area contributed by atoms with Crippen LogP contribution in [0.15, 0.2) is 0 Å². The molecule has 2 aliphatic rings.